The van der Waals surface area contributed by atoms with E-state index in [1.807, 2.05) is 6.92 Å². The van der Waals surface area contributed by atoms with Crippen LogP contribution >= 0.6 is 11.6 Å². The van der Waals surface area contributed by atoms with Crippen molar-refractivity contribution in [1.29, 1.82) is 0 Å². The molecule has 6 nitrogen and oxygen atoms in total. The van der Waals surface area contributed by atoms with Crippen molar-refractivity contribution in [2.75, 3.05) is 13.1 Å². The summed E-state index contributed by atoms with van der Waals surface area (Å²) in [6, 6.07) is 3.47. The van der Waals surface area contributed by atoms with Crippen LogP contribution in [0, 0.1) is 16.0 Å². The number of hydrogen-bond donors (Lipinski definition) is 0. The Hall–Kier alpha value is -1.18. The molecule has 1 saturated heterocycles. The minimum atomic E-state index is -3.77. The Kier molecular flexibility index (Phi) is 4.31. The maximum Gasteiger partial charge on any atom is 0.270 e. The largest absolute Gasteiger partial charge is 0.270 e. The van der Waals surface area contributed by atoms with Gasteiger partial charge in [0.15, 0.2) is 0 Å². The zero-order chi connectivity index (χ0) is 14.9. The second kappa shape index (κ2) is 5.67. The third-order valence-electron chi connectivity index (χ3n) is 3.57. The van der Waals surface area contributed by atoms with Crippen molar-refractivity contribution in [1.82, 2.24) is 4.31 Å². The van der Waals surface area contributed by atoms with Crippen molar-refractivity contribution in [2.45, 2.75) is 24.7 Å². The second-order valence-electron chi connectivity index (χ2n) is 4.80. The van der Waals surface area contributed by atoms with Gasteiger partial charge in [-0.25, -0.2) is 8.42 Å². The van der Waals surface area contributed by atoms with Crippen molar-refractivity contribution in [3.63, 3.8) is 0 Å². The van der Waals surface area contributed by atoms with Crippen molar-refractivity contribution in [3.8, 4) is 0 Å². The molecule has 1 aromatic rings. The third-order valence-corrected chi connectivity index (χ3v) is 5.92. The van der Waals surface area contributed by atoms with E-state index in [1.165, 1.54) is 16.4 Å². The molecular formula is C12H15ClN2O4S. The lowest BCUT2D eigenvalue weighted by atomic mass is 10.1. The van der Waals surface area contributed by atoms with E-state index >= 15 is 0 Å². The van der Waals surface area contributed by atoms with Gasteiger partial charge in [-0.05, 0) is 18.4 Å². The van der Waals surface area contributed by atoms with Gasteiger partial charge >= 0.3 is 0 Å². The fourth-order valence-corrected chi connectivity index (χ4v) is 4.32. The number of nitro groups is 1. The molecule has 0 aliphatic carbocycles. The summed E-state index contributed by atoms with van der Waals surface area (Å²) in [5, 5.41) is 10.8. The van der Waals surface area contributed by atoms with Gasteiger partial charge in [0.05, 0.1) is 9.95 Å². The fraction of sp³-hybridized carbons (Fsp3) is 0.500. The van der Waals surface area contributed by atoms with E-state index < -0.39 is 14.9 Å². The molecule has 1 aliphatic heterocycles. The third kappa shape index (κ3) is 2.79. The summed E-state index contributed by atoms with van der Waals surface area (Å²) in [4.78, 5) is 9.94. The van der Waals surface area contributed by atoms with Crippen LogP contribution in [-0.2, 0) is 10.0 Å². The molecule has 0 amide bonds. The lowest BCUT2D eigenvalue weighted by Crippen LogP contribution is -2.29. The standard InChI is InChI=1S/C12H15ClN2O4S/c1-2-9-5-6-14(8-9)20(18,19)12-7-10(15(16)17)3-4-11(12)13/h3-4,7,9H,2,5-6,8H2,1H3. The van der Waals surface area contributed by atoms with Gasteiger partial charge in [-0.15, -0.1) is 0 Å². The number of halogens is 1. The van der Waals surface area contributed by atoms with E-state index in [1.54, 1.807) is 0 Å². The Bertz CT molecular complexity index is 632. The van der Waals surface area contributed by atoms with Crippen molar-refractivity contribution >= 4 is 27.3 Å². The molecule has 1 atom stereocenters. The monoisotopic (exact) mass is 318 g/mol. The molecule has 1 unspecified atom stereocenters. The Morgan fingerprint density at radius 2 is 2.20 bits per heavy atom. The van der Waals surface area contributed by atoms with Gasteiger partial charge in [-0.1, -0.05) is 24.9 Å². The average Bonchev–Trinajstić information content (AvgIpc) is 2.88. The Balaban J connectivity index is 2.39. The smallest absolute Gasteiger partial charge is 0.258 e. The van der Waals surface area contributed by atoms with E-state index in [4.69, 9.17) is 11.6 Å². The first-order chi connectivity index (χ1) is 9.36. The maximum absolute atomic E-state index is 12.5. The first-order valence-electron chi connectivity index (χ1n) is 6.30. The lowest BCUT2D eigenvalue weighted by Gasteiger charge is -2.17. The molecule has 0 saturated carbocycles. The Morgan fingerprint density at radius 1 is 1.50 bits per heavy atom. The maximum atomic E-state index is 12.5. The number of nitro benzene ring substituents is 1. The molecular weight excluding hydrogens is 304 g/mol. The normalized spacial score (nSPS) is 20.2. The summed E-state index contributed by atoms with van der Waals surface area (Å²) in [5.41, 5.74) is -0.279. The van der Waals surface area contributed by atoms with Crippen molar-refractivity contribution < 1.29 is 13.3 Å². The van der Waals surface area contributed by atoms with Crippen LogP contribution in [0.3, 0.4) is 0 Å². The summed E-state index contributed by atoms with van der Waals surface area (Å²) >= 11 is 5.91. The van der Waals surface area contributed by atoms with Gasteiger partial charge in [0.2, 0.25) is 10.0 Å². The number of sulfonamides is 1. The number of benzene rings is 1. The molecule has 1 heterocycles. The van der Waals surface area contributed by atoms with Crippen LogP contribution in [0.25, 0.3) is 0 Å². The van der Waals surface area contributed by atoms with E-state index in [9.17, 15) is 18.5 Å². The minimum absolute atomic E-state index is 0.00977. The second-order valence-corrected chi connectivity index (χ2v) is 7.11. The molecule has 0 aromatic heterocycles. The number of hydrogen-bond acceptors (Lipinski definition) is 4. The number of non-ortho nitro benzene ring substituents is 1. The molecule has 1 aromatic carbocycles. The predicted molar refractivity (Wildman–Crippen MR) is 75.3 cm³/mol. The molecule has 0 bridgehead atoms. The Morgan fingerprint density at radius 3 is 2.75 bits per heavy atom. The summed E-state index contributed by atoms with van der Waals surface area (Å²) in [6.45, 7) is 2.89. The molecule has 0 spiro atoms. The SMILES string of the molecule is CCC1CCN(S(=O)(=O)c2cc([N+](=O)[O-])ccc2Cl)C1. The molecule has 1 aliphatic rings. The summed E-state index contributed by atoms with van der Waals surface area (Å²) in [7, 11) is -3.77. The van der Waals surface area contributed by atoms with Gasteiger partial charge in [0, 0.05) is 25.2 Å². The fourth-order valence-electron chi connectivity index (χ4n) is 2.29. The molecule has 8 heteroatoms. The first kappa shape index (κ1) is 15.2. The quantitative estimate of drug-likeness (QED) is 0.631. The topological polar surface area (TPSA) is 80.5 Å². The van der Waals surface area contributed by atoms with Crippen LogP contribution < -0.4 is 0 Å². The summed E-state index contributed by atoms with van der Waals surface area (Å²) < 4.78 is 26.4. The molecule has 20 heavy (non-hydrogen) atoms. The van der Waals surface area contributed by atoms with Crippen LogP contribution in [-0.4, -0.2) is 30.7 Å². The Labute approximate surface area is 122 Å². The van der Waals surface area contributed by atoms with E-state index in [0.29, 0.717) is 19.0 Å². The average molecular weight is 319 g/mol. The van der Waals surface area contributed by atoms with Crippen molar-refractivity contribution in [3.05, 3.63) is 33.3 Å². The highest BCUT2D eigenvalue weighted by atomic mass is 35.5. The molecule has 2 rings (SSSR count). The highest BCUT2D eigenvalue weighted by Crippen LogP contribution is 2.32. The highest BCUT2D eigenvalue weighted by Gasteiger charge is 2.33. The van der Waals surface area contributed by atoms with Gasteiger partial charge in [-0.3, -0.25) is 10.1 Å². The van der Waals surface area contributed by atoms with E-state index in [-0.39, 0.29) is 15.6 Å². The van der Waals surface area contributed by atoms with Crippen LogP contribution in [0.15, 0.2) is 23.1 Å². The highest BCUT2D eigenvalue weighted by molar-refractivity contribution is 7.89. The summed E-state index contributed by atoms with van der Waals surface area (Å²) in [5.74, 6) is 0.335. The number of rotatable bonds is 4. The van der Waals surface area contributed by atoms with Crippen LogP contribution in [0.4, 0.5) is 5.69 Å². The first-order valence-corrected chi connectivity index (χ1v) is 8.12. The van der Waals surface area contributed by atoms with Gasteiger partial charge in [-0.2, -0.15) is 4.31 Å². The van der Waals surface area contributed by atoms with Gasteiger partial charge in [0.1, 0.15) is 4.90 Å². The number of nitrogens with zero attached hydrogens (tertiary/aromatic N) is 2. The van der Waals surface area contributed by atoms with E-state index in [2.05, 4.69) is 0 Å². The zero-order valence-electron chi connectivity index (χ0n) is 11.0. The molecule has 0 N–H and O–H groups in total. The lowest BCUT2D eigenvalue weighted by molar-refractivity contribution is -0.385. The van der Waals surface area contributed by atoms with E-state index in [0.717, 1.165) is 18.9 Å². The summed E-state index contributed by atoms with van der Waals surface area (Å²) in [6.07, 6.45) is 1.72. The zero-order valence-corrected chi connectivity index (χ0v) is 12.5. The molecule has 110 valence electrons. The minimum Gasteiger partial charge on any atom is -0.258 e. The van der Waals surface area contributed by atoms with Crippen LogP contribution in [0.5, 0.6) is 0 Å². The van der Waals surface area contributed by atoms with Gasteiger partial charge in [0.25, 0.3) is 5.69 Å². The predicted octanol–water partition coefficient (Wildman–Crippen LogP) is 2.67. The van der Waals surface area contributed by atoms with Crippen LogP contribution in [0.2, 0.25) is 5.02 Å². The van der Waals surface area contributed by atoms with Crippen LogP contribution in [0.1, 0.15) is 19.8 Å². The molecule has 1 fully saturated rings. The molecule has 0 radical (unpaired) electrons. The van der Waals surface area contributed by atoms with Gasteiger partial charge < -0.3 is 0 Å². The van der Waals surface area contributed by atoms with Crippen molar-refractivity contribution in [2.24, 2.45) is 5.92 Å².